The van der Waals surface area contributed by atoms with Crippen LogP contribution in [0.1, 0.15) is 61.3 Å². The summed E-state index contributed by atoms with van der Waals surface area (Å²) in [4.78, 5) is 20.0. The summed E-state index contributed by atoms with van der Waals surface area (Å²) in [6, 6.07) is 1.18. The van der Waals surface area contributed by atoms with E-state index in [-0.39, 0.29) is 0 Å². The lowest BCUT2D eigenvalue weighted by molar-refractivity contribution is 0.0976. The van der Waals surface area contributed by atoms with Crippen LogP contribution in [0.25, 0.3) is 0 Å². The van der Waals surface area contributed by atoms with E-state index in [0.717, 1.165) is 28.5 Å². The number of carbonyl (C=O) groups is 1. The molecule has 1 saturated heterocycles. The van der Waals surface area contributed by atoms with E-state index in [1.807, 2.05) is 0 Å². The van der Waals surface area contributed by atoms with Crippen LogP contribution in [0.5, 0.6) is 0 Å². The minimum atomic E-state index is 0.305. The number of aryl methyl sites for hydroxylation is 1. The van der Waals surface area contributed by atoms with Crippen LogP contribution in [-0.4, -0.2) is 22.9 Å². The van der Waals surface area contributed by atoms with E-state index in [2.05, 4.69) is 18.7 Å². The van der Waals surface area contributed by atoms with E-state index in [1.165, 1.54) is 19.3 Å². The third-order valence-electron chi connectivity index (χ3n) is 4.23. The Bertz CT molecular complexity index is 468. The second-order valence-electron chi connectivity index (χ2n) is 5.44. The maximum absolute atomic E-state index is 11.9. The van der Waals surface area contributed by atoms with Crippen LogP contribution in [-0.2, 0) is 6.42 Å². The summed E-state index contributed by atoms with van der Waals surface area (Å²) in [5.41, 5.74) is 1.06. The predicted octanol–water partition coefficient (Wildman–Crippen LogP) is 3.43. The summed E-state index contributed by atoms with van der Waals surface area (Å²) >= 11 is 1.63. The summed E-state index contributed by atoms with van der Waals surface area (Å²) in [5.74, 6) is 0.305. The highest BCUT2D eigenvalue weighted by Gasteiger charge is 2.33. The van der Waals surface area contributed by atoms with Crippen molar-refractivity contribution in [3.63, 3.8) is 0 Å². The molecule has 98 valence electrons. The Hall–Kier alpha value is -0.900. The fourth-order valence-corrected chi connectivity index (χ4v) is 4.44. The number of aromatic nitrogens is 1. The number of rotatable bonds is 2. The third kappa shape index (κ3) is 1.87. The first-order valence-corrected chi connectivity index (χ1v) is 7.83. The number of hydrogen-bond acceptors (Lipinski definition) is 4. The van der Waals surface area contributed by atoms with Gasteiger partial charge >= 0.3 is 0 Å². The second-order valence-corrected chi connectivity index (χ2v) is 6.42. The van der Waals surface area contributed by atoms with Gasteiger partial charge in [0.2, 0.25) is 0 Å². The van der Waals surface area contributed by atoms with Crippen molar-refractivity contribution in [3.8, 4) is 0 Å². The van der Waals surface area contributed by atoms with Crippen LogP contribution in [0.4, 0.5) is 5.13 Å². The first-order chi connectivity index (χ1) is 8.70. The number of nitrogens with zero attached hydrogens (tertiary/aromatic N) is 2. The van der Waals surface area contributed by atoms with Crippen molar-refractivity contribution in [1.82, 2.24) is 4.98 Å². The summed E-state index contributed by atoms with van der Waals surface area (Å²) in [6.07, 6.45) is 6.34. The number of ketones is 1. The molecule has 3 rings (SSSR count). The van der Waals surface area contributed by atoms with Crippen LogP contribution in [0.3, 0.4) is 0 Å². The minimum Gasteiger partial charge on any atom is -0.342 e. The summed E-state index contributed by atoms with van der Waals surface area (Å²) in [7, 11) is 0. The Labute approximate surface area is 112 Å². The van der Waals surface area contributed by atoms with Crippen molar-refractivity contribution in [1.29, 1.82) is 0 Å². The van der Waals surface area contributed by atoms with Crippen LogP contribution >= 0.6 is 11.3 Å². The fraction of sp³-hybridized carbons (Fsp3) is 0.714. The first kappa shape index (κ1) is 12.2. The highest BCUT2D eigenvalue weighted by Crippen LogP contribution is 2.38. The maximum atomic E-state index is 11.9. The zero-order valence-electron chi connectivity index (χ0n) is 11.1. The van der Waals surface area contributed by atoms with Crippen molar-refractivity contribution in [2.45, 2.75) is 64.5 Å². The molecular formula is C14H20N2OS. The number of hydrogen-bond donors (Lipinski definition) is 0. The summed E-state index contributed by atoms with van der Waals surface area (Å²) < 4.78 is 0. The first-order valence-electron chi connectivity index (χ1n) is 7.02. The molecule has 0 N–H and O–H groups in total. The molecule has 1 aromatic rings. The molecule has 2 atom stereocenters. The van der Waals surface area contributed by atoms with Gasteiger partial charge in [-0.15, -0.1) is 0 Å². The molecule has 0 saturated carbocycles. The monoisotopic (exact) mass is 264 g/mol. The molecular weight excluding hydrogens is 244 g/mol. The van der Waals surface area contributed by atoms with Gasteiger partial charge < -0.3 is 4.90 Å². The van der Waals surface area contributed by atoms with Crippen LogP contribution < -0.4 is 4.90 Å². The molecule has 0 radical (unpaired) electrons. The van der Waals surface area contributed by atoms with Gasteiger partial charge in [0.1, 0.15) is 0 Å². The van der Waals surface area contributed by atoms with Crippen LogP contribution in [0.2, 0.25) is 0 Å². The summed E-state index contributed by atoms with van der Waals surface area (Å²) in [6.45, 7) is 4.52. The van der Waals surface area contributed by atoms with Crippen LogP contribution in [0.15, 0.2) is 0 Å². The Kier molecular flexibility index (Phi) is 3.14. The largest absolute Gasteiger partial charge is 0.342 e. The Balaban J connectivity index is 1.95. The topological polar surface area (TPSA) is 33.2 Å². The van der Waals surface area contributed by atoms with Crippen molar-refractivity contribution in [2.75, 3.05) is 4.90 Å². The number of fused-ring (bicyclic) bond motifs is 1. The fourth-order valence-electron chi connectivity index (χ4n) is 3.18. The van der Waals surface area contributed by atoms with Gasteiger partial charge in [0, 0.05) is 18.5 Å². The van der Waals surface area contributed by atoms with Crippen LogP contribution in [0, 0.1) is 0 Å². The Morgan fingerprint density at radius 3 is 2.94 bits per heavy atom. The third-order valence-corrected chi connectivity index (χ3v) is 5.39. The molecule has 1 aromatic heterocycles. The molecule has 2 aliphatic rings. The summed E-state index contributed by atoms with van der Waals surface area (Å²) in [5, 5.41) is 1.09. The number of thiazole rings is 1. The molecule has 0 spiro atoms. The number of Topliss-reactive ketones (excluding diaryl/α,β-unsaturated/α-hetero) is 1. The molecule has 0 bridgehead atoms. The van der Waals surface area contributed by atoms with Gasteiger partial charge in [-0.1, -0.05) is 18.3 Å². The lowest BCUT2D eigenvalue weighted by Crippen LogP contribution is -2.33. The zero-order chi connectivity index (χ0) is 12.7. The van der Waals surface area contributed by atoms with Crippen molar-refractivity contribution in [3.05, 3.63) is 10.6 Å². The molecule has 0 aromatic carbocycles. The lowest BCUT2D eigenvalue weighted by atomic mass is 10.0. The molecule has 18 heavy (non-hydrogen) atoms. The van der Waals surface area contributed by atoms with Gasteiger partial charge in [-0.05, 0) is 39.0 Å². The van der Waals surface area contributed by atoms with Crippen molar-refractivity contribution in [2.24, 2.45) is 0 Å². The van der Waals surface area contributed by atoms with Gasteiger partial charge in [0.05, 0.1) is 10.6 Å². The molecule has 1 fully saturated rings. The maximum Gasteiger partial charge on any atom is 0.186 e. The average molecular weight is 264 g/mol. The molecule has 2 heterocycles. The van der Waals surface area contributed by atoms with E-state index >= 15 is 0 Å². The molecule has 4 heteroatoms. The van der Waals surface area contributed by atoms with Gasteiger partial charge in [0.15, 0.2) is 10.9 Å². The van der Waals surface area contributed by atoms with E-state index in [1.54, 1.807) is 11.3 Å². The highest BCUT2D eigenvalue weighted by atomic mass is 32.1. The lowest BCUT2D eigenvalue weighted by Gasteiger charge is -2.27. The number of anilines is 1. The number of carbonyl (C=O) groups excluding carboxylic acids is 1. The van der Waals surface area contributed by atoms with Crippen molar-refractivity contribution >= 4 is 22.3 Å². The van der Waals surface area contributed by atoms with E-state index < -0.39 is 0 Å². The second kappa shape index (κ2) is 4.65. The standard InChI is InChI=1S/C14H20N2OS/c1-3-10-8-7-9(2)16(10)14-15-11-5-4-6-12(17)13(11)18-14/h9-10H,3-8H2,1-2H3. The van der Waals surface area contributed by atoms with E-state index in [4.69, 9.17) is 4.98 Å². The molecule has 1 aliphatic carbocycles. The van der Waals surface area contributed by atoms with E-state index in [9.17, 15) is 4.79 Å². The average Bonchev–Trinajstić information content (AvgIpc) is 2.92. The molecule has 3 nitrogen and oxygen atoms in total. The smallest absolute Gasteiger partial charge is 0.186 e. The van der Waals surface area contributed by atoms with Gasteiger partial charge in [0.25, 0.3) is 0 Å². The zero-order valence-corrected chi connectivity index (χ0v) is 11.9. The highest BCUT2D eigenvalue weighted by molar-refractivity contribution is 7.17. The quantitative estimate of drug-likeness (QED) is 0.820. The van der Waals surface area contributed by atoms with Gasteiger partial charge in [-0.3, -0.25) is 4.79 Å². The Morgan fingerprint density at radius 2 is 2.22 bits per heavy atom. The normalized spacial score (nSPS) is 27.7. The van der Waals surface area contributed by atoms with Gasteiger partial charge in [-0.25, -0.2) is 4.98 Å². The van der Waals surface area contributed by atoms with Crippen molar-refractivity contribution < 1.29 is 4.79 Å². The Morgan fingerprint density at radius 1 is 1.39 bits per heavy atom. The minimum absolute atomic E-state index is 0.305. The van der Waals surface area contributed by atoms with E-state index in [0.29, 0.717) is 24.3 Å². The SMILES string of the molecule is CCC1CCC(C)N1c1nc2c(s1)C(=O)CCC2. The predicted molar refractivity (Wildman–Crippen MR) is 74.6 cm³/mol. The molecule has 1 aliphatic heterocycles. The van der Waals surface area contributed by atoms with Gasteiger partial charge in [-0.2, -0.15) is 0 Å². The molecule has 2 unspecified atom stereocenters. The molecule has 0 amide bonds.